The molecule has 4 heterocycles. The van der Waals surface area contributed by atoms with E-state index in [1.165, 1.54) is 12.8 Å². The standard InChI is InChI=1S/C23H31ClN6O/c24-19-13-27-21(11-16(19)12-25)30-8-6-29(7-9-30)14-15-3-4-17-20(10-15)28-23(31)18-2-1-5-26-22(17)18/h11,13,15,17-18,20,22,26H,1-10,14H2,(H,28,31). The smallest absolute Gasteiger partial charge is 0.224 e. The van der Waals surface area contributed by atoms with E-state index in [1.807, 2.05) is 0 Å². The highest BCUT2D eigenvalue weighted by molar-refractivity contribution is 6.31. The van der Waals surface area contributed by atoms with Gasteiger partial charge in [0.15, 0.2) is 0 Å². The third-order valence-corrected chi connectivity index (χ3v) is 8.12. The van der Waals surface area contributed by atoms with Gasteiger partial charge in [-0.15, -0.1) is 0 Å². The van der Waals surface area contributed by atoms with Crippen LogP contribution in [-0.2, 0) is 4.79 Å². The molecule has 4 fully saturated rings. The summed E-state index contributed by atoms with van der Waals surface area (Å²) in [5, 5.41) is 16.7. The van der Waals surface area contributed by atoms with Crippen LogP contribution in [0.2, 0.25) is 5.02 Å². The average molecular weight is 443 g/mol. The number of rotatable bonds is 3. The van der Waals surface area contributed by atoms with Crippen LogP contribution in [0.1, 0.15) is 37.7 Å². The number of aromatic nitrogens is 1. The van der Waals surface area contributed by atoms with Crippen molar-refractivity contribution >= 4 is 23.3 Å². The summed E-state index contributed by atoms with van der Waals surface area (Å²) in [5.41, 5.74) is 0.482. The largest absolute Gasteiger partial charge is 0.354 e. The van der Waals surface area contributed by atoms with Crippen LogP contribution in [0, 0.1) is 29.1 Å². The fourth-order valence-electron chi connectivity index (χ4n) is 6.20. The van der Waals surface area contributed by atoms with Gasteiger partial charge in [-0.05, 0) is 56.6 Å². The first kappa shape index (κ1) is 21.0. The minimum atomic E-state index is 0.183. The van der Waals surface area contributed by atoms with E-state index in [0.717, 1.165) is 64.3 Å². The summed E-state index contributed by atoms with van der Waals surface area (Å²) in [6, 6.07) is 4.65. The SMILES string of the molecule is N#Cc1cc(N2CCN(CC3CCC4C(C3)NC(=O)C3CCCNC34)CC2)ncc1Cl. The summed E-state index contributed by atoms with van der Waals surface area (Å²) < 4.78 is 0. The van der Waals surface area contributed by atoms with Crippen molar-refractivity contribution in [1.29, 1.82) is 5.26 Å². The first-order chi connectivity index (χ1) is 15.1. The van der Waals surface area contributed by atoms with Gasteiger partial charge < -0.3 is 15.5 Å². The molecule has 0 bridgehead atoms. The number of anilines is 1. The van der Waals surface area contributed by atoms with Gasteiger partial charge >= 0.3 is 0 Å². The van der Waals surface area contributed by atoms with Gasteiger partial charge in [0.1, 0.15) is 11.9 Å². The zero-order chi connectivity index (χ0) is 21.4. The molecule has 1 aromatic rings. The Morgan fingerprint density at radius 1 is 1.23 bits per heavy atom. The molecule has 31 heavy (non-hydrogen) atoms. The fraction of sp³-hybridized carbons (Fsp3) is 0.696. The highest BCUT2D eigenvalue weighted by Crippen LogP contribution is 2.39. The third-order valence-electron chi connectivity index (χ3n) is 7.82. The zero-order valence-corrected chi connectivity index (χ0v) is 18.7. The number of nitrogens with zero attached hydrogens (tertiary/aromatic N) is 4. The van der Waals surface area contributed by atoms with Crippen LogP contribution in [0.15, 0.2) is 12.3 Å². The maximum absolute atomic E-state index is 12.6. The van der Waals surface area contributed by atoms with E-state index in [1.54, 1.807) is 12.3 Å². The quantitative estimate of drug-likeness (QED) is 0.745. The van der Waals surface area contributed by atoms with Gasteiger partial charge in [-0.3, -0.25) is 9.69 Å². The van der Waals surface area contributed by atoms with Gasteiger partial charge in [-0.1, -0.05) is 11.6 Å². The molecule has 7 nitrogen and oxygen atoms in total. The van der Waals surface area contributed by atoms with Gasteiger partial charge in [0.2, 0.25) is 5.91 Å². The van der Waals surface area contributed by atoms with E-state index in [2.05, 4.69) is 31.5 Å². The fourth-order valence-corrected chi connectivity index (χ4v) is 6.35. The Hall–Kier alpha value is -1.88. The lowest BCUT2D eigenvalue weighted by molar-refractivity contribution is -0.133. The maximum atomic E-state index is 12.6. The van der Waals surface area contributed by atoms with Gasteiger partial charge in [0.05, 0.1) is 16.5 Å². The van der Waals surface area contributed by atoms with Crippen molar-refractivity contribution in [2.24, 2.45) is 17.8 Å². The van der Waals surface area contributed by atoms with Crippen LogP contribution in [0.4, 0.5) is 5.82 Å². The molecule has 0 aromatic carbocycles. The van der Waals surface area contributed by atoms with E-state index < -0.39 is 0 Å². The summed E-state index contributed by atoms with van der Waals surface area (Å²) in [6.07, 6.45) is 7.31. The molecule has 8 heteroatoms. The van der Waals surface area contributed by atoms with Gasteiger partial charge in [-0.2, -0.15) is 5.26 Å². The number of carbonyl (C=O) groups excluding carboxylic acids is 1. The molecule has 2 N–H and O–H groups in total. The molecule has 166 valence electrons. The number of carbonyl (C=O) groups is 1. The summed E-state index contributed by atoms with van der Waals surface area (Å²) in [6.45, 7) is 5.96. The van der Waals surface area contributed by atoms with E-state index in [0.29, 0.717) is 34.5 Å². The second-order valence-corrected chi connectivity index (χ2v) is 10.0. The highest BCUT2D eigenvalue weighted by Gasteiger charge is 2.47. The molecule has 5 unspecified atom stereocenters. The Kier molecular flexibility index (Phi) is 6.05. The molecule has 1 aliphatic carbocycles. The number of amides is 1. The van der Waals surface area contributed by atoms with Crippen molar-refractivity contribution < 1.29 is 4.79 Å². The number of halogens is 1. The predicted octanol–water partition coefficient (Wildman–Crippen LogP) is 2.01. The number of piperidine rings is 2. The number of hydrogen-bond acceptors (Lipinski definition) is 6. The van der Waals surface area contributed by atoms with E-state index in [4.69, 9.17) is 11.6 Å². The molecule has 0 spiro atoms. The molecule has 5 atom stereocenters. The third kappa shape index (κ3) is 4.26. The zero-order valence-electron chi connectivity index (χ0n) is 17.9. The number of nitrogens with one attached hydrogen (secondary N) is 2. The molecule has 0 radical (unpaired) electrons. The molecular formula is C23H31ClN6O. The summed E-state index contributed by atoms with van der Waals surface area (Å²) in [7, 11) is 0. The lowest BCUT2D eigenvalue weighted by atomic mass is 9.67. The van der Waals surface area contributed by atoms with Crippen molar-refractivity contribution in [3.63, 3.8) is 0 Å². The second kappa shape index (κ2) is 8.93. The Morgan fingerprint density at radius 2 is 2.06 bits per heavy atom. The number of nitriles is 1. The second-order valence-electron chi connectivity index (χ2n) is 9.61. The predicted molar refractivity (Wildman–Crippen MR) is 120 cm³/mol. The van der Waals surface area contributed by atoms with Crippen molar-refractivity contribution in [2.45, 2.75) is 44.2 Å². The van der Waals surface area contributed by atoms with Gasteiger partial charge in [-0.25, -0.2) is 4.98 Å². The van der Waals surface area contributed by atoms with Crippen LogP contribution in [-0.4, -0.2) is 67.1 Å². The first-order valence-electron chi connectivity index (χ1n) is 11.7. The molecule has 3 aliphatic heterocycles. The van der Waals surface area contributed by atoms with Crippen molar-refractivity contribution in [1.82, 2.24) is 20.5 Å². The van der Waals surface area contributed by atoms with Crippen molar-refractivity contribution in [3.05, 3.63) is 22.8 Å². The molecule has 3 saturated heterocycles. The number of pyridine rings is 1. The lowest BCUT2D eigenvalue weighted by Gasteiger charge is -2.50. The molecule has 1 saturated carbocycles. The van der Waals surface area contributed by atoms with Crippen molar-refractivity contribution in [3.8, 4) is 6.07 Å². The van der Waals surface area contributed by atoms with Crippen LogP contribution in [0.25, 0.3) is 0 Å². The molecule has 5 rings (SSSR count). The highest BCUT2D eigenvalue weighted by atomic mass is 35.5. The Balaban J connectivity index is 1.14. The van der Waals surface area contributed by atoms with Crippen LogP contribution in [0.3, 0.4) is 0 Å². The van der Waals surface area contributed by atoms with E-state index in [-0.39, 0.29) is 11.8 Å². The Morgan fingerprint density at radius 3 is 2.87 bits per heavy atom. The van der Waals surface area contributed by atoms with Gasteiger partial charge in [0, 0.05) is 51.0 Å². The van der Waals surface area contributed by atoms with Crippen LogP contribution < -0.4 is 15.5 Å². The van der Waals surface area contributed by atoms with Gasteiger partial charge in [0.25, 0.3) is 0 Å². The summed E-state index contributed by atoms with van der Waals surface area (Å²) >= 11 is 6.02. The summed E-state index contributed by atoms with van der Waals surface area (Å²) in [4.78, 5) is 21.8. The number of piperazine rings is 1. The topological polar surface area (TPSA) is 84.3 Å². The van der Waals surface area contributed by atoms with E-state index >= 15 is 0 Å². The first-order valence-corrected chi connectivity index (χ1v) is 12.1. The molecule has 1 aromatic heterocycles. The lowest BCUT2D eigenvalue weighted by Crippen LogP contribution is -2.64. The normalized spacial score (nSPS) is 33.7. The molecule has 1 amide bonds. The maximum Gasteiger partial charge on any atom is 0.224 e. The van der Waals surface area contributed by atoms with Crippen molar-refractivity contribution in [2.75, 3.05) is 44.2 Å². The van der Waals surface area contributed by atoms with Crippen LogP contribution in [0.5, 0.6) is 0 Å². The monoisotopic (exact) mass is 442 g/mol. The number of hydrogen-bond donors (Lipinski definition) is 2. The van der Waals surface area contributed by atoms with Crippen LogP contribution >= 0.6 is 11.6 Å². The Bertz CT molecular complexity index is 864. The Labute approximate surface area is 189 Å². The average Bonchev–Trinajstić information content (AvgIpc) is 2.80. The minimum absolute atomic E-state index is 0.183. The number of fused-ring (bicyclic) bond motifs is 3. The summed E-state index contributed by atoms with van der Waals surface area (Å²) in [5.74, 6) is 2.54. The molecular weight excluding hydrogens is 412 g/mol. The molecule has 4 aliphatic rings. The minimum Gasteiger partial charge on any atom is -0.354 e. The van der Waals surface area contributed by atoms with E-state index in [9.17, 15) is 10.1 Å².